The molecule has 0 aliphatic carbocycles. The molecule has 2 aliphatic heterocycles. The first-order valence-electron chi connectivity index (χ1n) is 10.4. The van der Waals surface area contributed by atoms with Crippen LogP contribution < -0.4 is 5.32 Å². The molecule has 1 aromatic carbocycles. The number of hydrogen-bond acceptors (Lipinski definition) is 3. The number of hydrogen-bond donors (Lipinski definition) is 1. The molecule has 0 saturated carbocycles. The maximum Gasteiger partial charge on any atom is 0.325 e. The van der Waals surface area contributed by atoms with Crippen LogP contribution in [-0.2, 0) is 4.79 Å². The number of nitrogens with zero attached hydrogens (tertiary/aromatic N) is 2. The molecule has 0 aromatic heterocycles. The molecule has 5 nitrogen and oxygen atoms in total. The highest BCUT2D eigenvalue weighted by Gasteiger charge is 2.54. The van der Waals surface area contributed by atoms with Crippen molar-refractivity contribution >= 4 is 11.9 Å². The van der Waals surface area contributed by atoms with Gasteiger partial charge in [0, 0.05) is 6.54 Å². The van der Waals surface area contributed by atoms with Crippen LogP contribution in [0.5, 0.6) is 0 Å². The smallest absolute Gasteiger partial charge is 0.323 e. The summed E-state index contributed by atoms with van der Waals surface area (Å²) in [5, 5.41) is 3.05. The van der Waals surface area contributed by atoms with Crippen molar-refractivity contribution < 1.29 is 9.59 Å². The standard InChI is InChI=1S/C23H33N3O2/c1-5-23(21(27)26(15-17(2)3)22(28)24-23)20-11-13-25(14-12-20)16-18(4)19-9-7-6-8-10-19/h6-10,18,20H,2,5,11-16H2,1,3-4H3,(H,24,28)/t18-,23+/m0/s1. The molecule has 2 aliphatic rings. The highest BCUT2D eigenvalue weighted by atomic mass is 16.2. The van der Waals surface area contributed by atoms with Gasteiger partial charge in [0.1, 0.15) is 5.54 Å². The summed E-state index contributed by atoms with van der Waals surface area (Å²) in [4.78, 5) is 29.4. The monoisotopic (exact) mass is 383 g/mol. The summed E-state index contributed by atoms with van der Waals surface area (Å²) in [6.45, 7) is 13.2. The molecule has 5 heteroatoms. The van der Waals surface area contributed by atoms with Crippen molar-refractivity contribution in [3.05, 3.63) is 48.0 Å². The average Bonchev–Trinajstić information content (AvgIpc) is 2.94. The number of benzene rings is 1. The van der Waals surface area contributed by atoms with E-state index in [1.54, 1.807) is 0 Å². The topological polar surface area (TPSA) is 52.7 Å². The first kappa shape index (κ1) is 20.6. The first-order chi connectivity index (χ1) is 13.4. The Morgan fingerprint density at radius 1 is 1.25 bits per heavy atom. The third-order valence-corrected chi connectivity index (χ3v) is 6.37. The van der Waals surface area contributed by atoms with Gasteiger partial charge < -0.3 is 10.2 Å². The lowest BCUT2D eigenvalue weighted by Gasteiger charge is -2.41. The highest BCUT2D eigenvalue weighted by molar-refractivity contribution is 6.07. The van der Waals surface area contributed by atoms with Crippen molar-refractivity contribution in [2.24, 2.45) is 5.92 Å². The average molecular weight is 384 g/mol. The second kappa shape index (κ2) is 8.48. The number of nitrogens with one attached hydrogen (secondary N) is 1. The summed E-state index contributed by atoms with van der Waals surface area (Å²) in [7, 11) is 0. The van der Waals surface area contributed by atoms with Crippen LogP contribution in [0.2, 0.25) is 0 Å². The van der Waals surface area contributed by atoms with Crippen molar-refractivity contribution in [2.75, 3.05) is 26.2 Å². The summed E-state index contributed by atoms with van der Waals surface area (Å²) in [6.07, 6.45) is 2.50. The maximum absolute atomic E-state index is 13.1. The van der Waals surface area contributed by atoms with E-state index in [0.717, 1.165) is 38.0 Å². The number of likely N-dealkylation sites (tertiary alicyclic amines) is 1. The van der Waals surface area contributed by atoms with Gasteiger partial charge in [-0.1, -0.05) is 56.3 Å². The van der Waals surface area contributed by atoms with E-state index >= 15 is 0 Å². The molecule has 1 aromatic rings. The summed E-state index contributed by atoms with van der Waals surface area (Å²) >= 11 is 0. The lowest BCUT2D eigenvalue weighted by molar-refractivity contribution is -0.133. The van der Waals surface area contributed by atoms with Gasteiger partial charge >= 0.3 is 6.03 Å². The summed E-state index contributed by atoms with van der Waals surface area (Å²) in [5.74, 6) is 0.600. The van der Waals surface area contributed by atoms with Gasteiger partial charge in [0.2, 0.25) is 0 Å². The number of rotatable bonds is 7. The molecule has 2 saturated heterocycles. The number of piperidine rings is 1. The Morgan fingerprint density at radius 2 is 1.89 bits per heavy atom. The van der Waals surface area contributed by atoms with Crippen molar-refractivity contribution in [2.45, 2.75) is 51.5 Å². The summed E-state index contributed by atoms with van der Waals surface area (Å²) < 4.78 is 0. The Labute approximate surface area is 168 Å². The molecular formula is C23H33N3O2. The molecule has 28 heavy (non-hydrogen) atoms. The number of carbonyl (C=O) groups is 2. The maximum atomic E-state index is 13.1. The second-order valence-electron chi connectivity index (χ2n) is 8.49. The van der Waals surface area contributed by atoms with Crippen LogP contribution in [-0.4, -0.2) is 53.5 Å². The fourth-order valence-electron chi connectivity index (χ4n) is 4.75. The molecule has 0 bridgehead atoms. The highest BCUT2D eigenvalue weighted by Crippen LogP contribution is 2.36. The zero-order valence-electron chi connectivity index (χ0n) is 17.4. The van der Waals surface area contributed by atoms with Gasteiger partial charge in [-0.05, 0) is 56.7 Å². The van der Waals surface area contributed by atoms with Gasteiger partial charge in [-0.25, -0.2) is 4.79 Å². The third kappa shape index (κ3) is 4.00. The van der Waals surface area contributed by atoms with E-state index in [1.807, 2.05) is 13.8 Å². The Hall–Kier alpha value is -2.14. The largest absolute Gasteiger partial charge is 0.325 e. The van der Waals surface area contributed by atoms with Crippen LogP contribution in [0.25, 0.3) is 0 Å². The van der Waals surface area contributed by atoms with E-state index in [0.29, 0.717) is 18.9 Å². The van der Waals surface area contributed by atoms with E-state index in [2.05, 4.69) is 54.1 Å². The molecule has 0 spiro atoms. The fraction of sp³-hybridized carbons (Fsp3) is 0.565. The minimum atomic E-state index is -0.746. The van der Waals surface area contributed by atoms with E-state index in [1.165, 1.54) is 10.5 Å². The zero-order valence-corrected chi connectivity index (χ0v) is 17.4. The quantitative estimate of drug-likeness (QED) is 0.576. The molecule has 0 unspecified atom stereocenters. The predicted molar refractivity (Wildman–Crippen MR) is 112 cm³/mol. The lowest BCUT2D eigenvalue weighted by Crippen LogP contribution is -2.56. The van der Waals surface area contributed by atoms with E-state index in [9.17, 15) is 9.59 Å². The van der Waals surface area contributed by atoms with Gasteiger partial charge in [0.05, 0.1) is 6.54 Å². The van der Waals surface area contributed by atoms with Crippen molar-refractivity contribution in [1.29, 1.82) is 0 Å². The normalized spacial score (nSPS) is 25.0. The van der Waals surface area contributed by atoms with Gasteiger partial charge in [0.15, 0.2) is 0 Å². The van der Waals surface area contributed by atoms with Crippen molar-refractivity contribution in [3.63, 3.8) is 0 Å². The van der Waals surface area contributed by atoms with E-state index in [-0.39, 0.29) is 17.9 Å². The van der Waals surface area contributed by atoms with Gasteiger partial charge in [-0.15, -0.1) is 0 Å². The molecule has 2 atom stereocenters. The van der Waals surface area contributed by atoms with Gasteiger partial charge in [-0.2, -0.15) is 0 Å². The van der Waals surface area contributed by atoms with Crippen LogP contribution >= 0.6 is 0 Å². The zero-order chi connectivity index (χ0) is 20.3. The Balaban J connectivity index is 1.62. The van der Waals surface area contributed by atoms with Crippen LogP contribution in [0, 0.1) is 5.92 Å². The first-order valence-corrected chi connectivity index (χ1v) is 10.4. The van der Waals surface area contributed by atoms with E-state index in [4.69, 9.17) is 0 Å². The molecular weight excluding hydrogens is 350 g/mol. The van der Waals surface area contributed by atoms with Crippen LogP contribution in [0.4, 0.5) is 4.79 Å². The van der Waals surface area contributed by atoms with Gasteiger partial charge in [-0.3, -0.25) is 9.69 Å². The minimum Gasteiger partial charge on any atom is -0.323 e. The Morgan fingerprint density at radius 3 is 2.46 bits per heavy atom. The van der Waals surface area contributed by atoms with Crippen molar-refractivity contribution in [3.8, 4) is 0 Å². The molecule has 152 valence electrons. The predicted octanol–water partition coefficient (Wildman–Crippen LogP) is 3.78. The molecule has 3 amide bonds. The van der Waals surface area contributed by atoms with Crippen LogP contribution in [0.15, 0.2) is 42.5 Å². The Bertz CT molecular complexity index is 725. The number of amides is 3. The third-order valence-electron chi connectivity index (χ3n) is 6.37. The van der Waals surface area contributed by atoms with Crippen LogP contribution in [0.1, 0.15) is 51.5 Å². The molecule has 2 fully saturated rings. The number of carbonyl (C=O) groups excluding carboxylic acids is 2. The van der Waals surface area contributed by atoms with Crippen molar-refractivity contribution in [1.82, 2.24) is 15.1 Å². The molecule has 3 rings (SSSR count). The molecule has 2 heterocycles. The molecule has 0 radical (unpaired) electrons. The Kier molecular flexibility index (Phi) is 6.23. The minimum absolute atomic E-state index is 0.0703. The summed E-state index contributed by atoms with van der Waals surface area (Å²) in [6, 6.07) is 10.3. The second-order valence-corrected chi connectivity index (χ2v) is 8.49. The number of urea groups is 1. The van der Waals surface area contributed by atoms with Gasteiger partial charge in [0.25, 0.3) is 5.91 Å². The number of imide groups is 1. The van der Waals surface area contributed by atoms with E-state index < -0.39 is 5.54 Å². The lowest BCUT2D eigenvalue weighted by atomic mass is 9.75. The van der Waals surface area contributed by atoms with Crippen LogP contribution in [0.3, 0.4) is 0 Å². The molecule has 1 N–H and O–H groups in total. The fourth-order valence-corrected chi connectivity index (χ4v) is 4.75. The SMILES string of the molecule is C=C(C)CN1C(=O)N[C@](CC)(C2CCN(C[C@H](C)c3ccccc3)CC2)C1=O. The summed E-state index contributed by atoms with van der Waals surface area (Å²) in [5.41, 5.74) is 1.44.